The first-order chi connectivity index (χ1) is 14.1. The number of halogens is 3. The molecule has 5 nitrogen and oxygen atoms in total. The van der Waals surface area contributed by atoms with Crippen LogP contribution in [0.25, 0.3) is 11.4 Å². The number of rotatable bonds is 3. The second-order valence-electron chi connectivity index (χ2n) is 8.06. The molecule has 5 rings (SSSR count). The topological polar surface area (TPSA) is 52.2 Å². The number of aromatic amines is 1. The number of imidazole rings is 1. The van der Waals surface area contributed by atoms with Gasteiger partial charge in [0.2, 0.25) is 0 Å². The highest BCUT2D eigenvalue weighted by molar-refractivity contribution is 6.00. The zero-order valence-corrected chi connectivity index (χ0v) is 18.7. The van der Waals surface area contributed by atoms with Crippen LogP contribution < -0.4 is 0 Å². The molecule has 0 radical (unpaired) electrons. The summed E-state index contributed by atoms with van der Waals surface area (Å²) in [6, 6.07) is 14.6. The minimum Gasteiger partial charge on any atom is -0.345 e. The summed E-state index contributed by atoms with van der Waals surface area (Å²) < 4.78 is 13.8. The number of nitrogens with zero attached hydrogens (tertiary/aromatic N) is 3. The molecule has 0 saturated carbocycles. The number of carbonyl (C=O) groups is 1. The van der Waals surface area contributed by atoms with Crippen molar-refractivity contribution in [2.45, 2.75) is 6.04 Å². The smallest absolute Gasteiger partial charge is 0.254 e. The van der Waals surface area contributed by atoms with Crippen molar-refractivity contribution in [3.05, 3.63) is 77.9 Å². The van der Waals surface area contributed by atoms with E-state index in [0.29, 0.717) is 29.8 Å². The molecule has 0 aliphatic carbocycles. The number of likely N-dealkylation sites (tertiary alicyclic amines) is 2. The van der Waals surface area contributed by atoms with Gasteiger partial charge in [-0.3, -0.25) is 9.69 Å². The van der Waals surface area contributed by atoms with E-state index in [1.54, 1.807) is 24.5 Å². The van der Waals surface area contributed by atoms with Crippen LogP contribution in [0.1, 0.15) is 22.0 Å². The van der Waals surface area contributed by atoms with E-state index in [1.807, 2.05) is 35.2 Å². The Balaban J connectivity index is 0.00000136. The number of fused-ring (bicyclic) bond motifs is 1. The second kappa shape index (κ2) is 9.39. The number of aromatic nitrogens is 2. The summed E-state index contributed by atoms with van der Waals surface area (Å²) >= 11 is 0. The van der Waals surface area contributed by atoms with Crippen molar-refractivity contribution in [1.82, 2.24) is 19.8 Å². The first kappa shape index (κ1) is 23.3. The van der Waals surface area contributed by atoms with Gasteiger partial charge in [-0.05, 0) is 36.7 Å². The van der Waals surface area contributed by atoms with Crippen molar-refractivity contribution >= 4 is 30.7 Å². The Labute approximate surface area is 193 Å². The van der Waals surface area contributed by atoms with Gasteiger partial charge in [0, 0.05) is 49.6 Å². The Bertz CT molecular complexity index is 1050. The molecule has 3 aromatic rings. The van der Waals surface area contributed by atoms with E-state index in [1.165, 1.54) is 6.07 Å². The van der Waals surface area contributed by atoms with Crippen molar-refractivity contribution in [3.8, 4) is 11.4 Å². The molecular formula is C23H25Cl2FN4O. The van der Waals surface area contributed by atoms with Gasteiger partial charge in [-0.1, -0.05) is 30.3 Å². The quantitative estimate of drug-likeness (QED) is 0.625. The second-order valence-corrected chi connectivity index (χ2v) is 8.06. The summed E-state index contributed by atoms with van der Waals surface area (Å²) in [6.07, 6.45) is 3.45. The van der Waals surface area contributed by atoms with E-state index in [9.17, 15) is 9.18 Å². The number of amides is 1. The predicted molar refractivity (Wildman–Crippen MR) is 123 cm³/mol. The minimum absolute atomic E-state index is 0. The van der Waals surface area contributed by atoms with Crippen molar-refractivity contribution in [3.63, 3.8) is 0 Å². The Morgan fingerprint density at radius 3 is 2.65 bits per heavy atom. The summed E-state index contributed by atoms with van der Waals surface area (Å²) in [5.41, 5.74) is 2.47. The third-order valence-electron chi connectivity index (χ3n) is 6.28. The largest absolute Gasteiger partial charge is 0.345 e. The van der Waals surface area contributed by atoms with Gasteiger partial charge in [0.25, 0.3) is 5.91 Å². The fourth-order valence-electron chi connectivity index (χ4n) is 5.07. The fraction of sp³-hybridized carbons (Fsp3) is 0.304. The van der Waals surface area contributed by atoms with Crippen LogP contribution in [0.4, 0.5) is 4.39 Å². The Kier molecular flexibility index (Phi) is 7.04. The van der Waals surface area contributed by atoms with Gasteiger partial charge in [0.05, 0.1) is 5.56 Å². The minimum atomic E-state index is -0.211. The monoisotopic (exact) mass is 462 g/mol. The number of benzene rings is 2. The van der Waals surface area contributed by atoms with E-state index in [-0.39, 0.29) is 42.6 Å². The van der Waals surface area contributed by atoms with Crippen LogP contribution in [0.5, 0.6) is 0 Å². The van der Waals surface area contributed by atoms with E-state index in [4.69, 9.17) is 0 Å². The standard InChI is InChI=1S/C23H23FN4O.2ClH/c1-27-12-16-13-28(14-20(16)21(27)15-5-4-6-17(24)11-15)23(29)19-8-3-2-7-18(19)22-25-9-10-26-22;;/h2-11,16,20-21H,12-14H2,1H3,(H,25,26);2*1H/t16-,20+,21-;;/m0../s1. The molecule has 164 valence electrons. The third-order valence-corrected chi connectivity index (χ3v) is 6.28. The lowest BCUT2D eigenvalue weighted by atomic mass is 9.89. The first-order valence-electron chi connectivity index (χ1n) is 9.95. The summed E-state index contributed by atoms with van der Waals surface area (Å²) in [6.45, 7) is 2.32. The molecule has 2 fully saturated rings. The van der Waals surface area contributed by atoms with Gasteiger partial charge in [-0.15, -0.1) is 24.8 Å². The molecule has 8 heteroatoms. The SMILES string of the molecule is CN1C[C@H]2CN(C(=O)c3ccccc3-c3ncc[nH]3)C[C@H]2[C@@H]1c1cccc(F)c1.Cl.Cl. The first-order valence-corrected chi connectivity index (χ1v) is 9.95. The lowest BCUT2D eigenvalue weighted by molar-refractivity contribution is 0.0768. The third kappa shape index (κ3) is 4.20. The maximum Gasteiger partial charge on any atom is 0.254 e. The zero-order valence-electron chi connectivity index (χ0n) is 17.1. The van der Waals surface area contributed by atoms with Crippen molar-refractivity contribution in [2.24, 2.45) is 11.8 Å². The molecule has 0 unspecified atom stereocenters. The zero-order chi connectivity index (χ0) is 20.0. The average molecular weight is 463 g/mol. The molecule has 2 aromatic carbocycles. The van der Waals surface area contributed by atoms with E-state index in [0.717, 1.165) is 24.2 Å². The lowest BCUT2D eigenvalue weighted by Crippen LogP contribution is -2.33. The molecule has 0 bridgehead atoms. The van der Waals surface area contributed by atoms with Gasteiger partial charge in [-0.2, -0.15) is 0 Å². The van der Waals surface area contributed by atoms with Crippen LogP contribution in [0.2, 0.25) is 0 Å². The normalized spacial score (nSPS) is 22.5. The summed E-state index contributed by atoms with van der Waals surface area (Å²) in [7, 11) is 2.09. The maximum absolute atomic E-state index is 13.8. The molecule has 2 aliphatic heterocycles. The molecule has 1 N–H and O–H groups in total. The van der Waals surface area contributed by atoms with Crippen LogP contribution >= 0.6 is 24.8 Å². The van der Waals surface area contributed by atoms with Crippen LogP contribution in [-0.4, -0.2) is 52.4 Å². The molecule has 0 spiro atoms. The Morgan fingerprint density at radius 2 is 1.90 bits per heavy atom. The fourth-order valence-corrected chi connectivity index (χ4v) is 5.07. The van der Waals surface area contributed by atoms with Gasteiger partial charge in [-0.25, -0.2) is 9.37 Å². The highest BCUT2D eigenvalue weighted by Gasteiger charge is 2.47. The van der Waals surface area contributed by atoms with Crippen molar-refractivity contribution in [2.75, 3.05) is 26.7 Å². The molecule has 31 heavy (non-hydrogen) atoms. The number of carbonyl (C=O) groups excluding carboxylic acids is 1. The number of hydrogen-bond donors (Lipinski definition) is 1. The van der Waals surface area contributed by atoms with Crippen molar-refractivity contribution in [1.29, 1.82) is 0 Å². The summed E-state index contributed by atoms with van der Waals surface area (Å²) in [4.78, 5) is 25.0. The average Bonchev–Trinajstić information content (AvgIpc) is 3.43. The van der Waals surface area contributed by atoms with E-state index >= 15 is 0 Å². The van der Waals surface area contributed by atoms with Crippen molar-refractivity contribution < 1.29 is 9.18 Å². The van der Waals surface area contributed by atoms with Gasteiger partial charge < -0.3 is 9.88 Å². The van der Waals surface area contributed by atoms with Crippen LogP contribution in [-0.2, 0) is 0 Å². The summed E-state index contributed by atoms with van der Waals surface area (Å²) in [5, 5.41) is 0. The lowest BCUT2D eigenvalue weighted by Gasteiger charge is -2.27. The Hall–Kier alpha value is -2.41. The van der Waals surface area contributed by atoms with Gasteiger partial charge in [0.1, 0.15) is 11.6 Å². The van der Waals surface area contributed by atoms with E-state index < -0.39 is 0 Å². The number of H-pyrrole nitrogens is 1. The van der Waals surface area contributed by atoms with Gasteiger partial charge >= 0.3 is 0 Å². The highest BCUT2D eigenvalue weighted by Crippen LogP contribution is 2.44. The number of nitrogens with one attached hydrogen (secondary N) is 1. The molecular weight excluding hydrogens is 438 g/mol. The maximum atomic E-state index is 13.8. The van der Waals surface area contributed by atoms with Gasteiger partial charge in [0.15, 0.2) is 0 Å². The molecule has 3 heterocycles. The summed E-state index contributed by atoms with van der Waals surface area (Å²) in [5.74, 6) is 1.23. The Morgan fingerprint density at radius 1 is 1.10 bits per heavy atom. The molecule has 1 amide bonds. The predicted octanol–water partition coefficient (Wildman–Crippen LogP) is 4.43. The van der Waals surface area contributed by atoms with Crippen LogP contribution in [0, 0.1) is 17.7 Å². The molecule has 1 aromatic heterocycles. The number of hydrogen-bond acceptors (Lipinski definition) is 3. The van der Waals surface area contributed by atoms with E-state index in [2.05, 4.69) is 21.9 Å². The highest BCUT2D eigenvalue weighted by atomic mass is 35.5. The molecule has 2 aliphatic rings. The molecule has 2 saturated heterocycles. The van der Waals surface area contributed by atoms with Crippen LogP contribution in [0.3, 0.4) is 0 Å². The van der Waals surface area contributed by atoms with Crippen LogP contribution in [0.15, 0.2) is 60.9 Å². The molecule has 3 atom stereocenters.